The second-order valence-corrected chi connectivity index (χ2v) is 6.68. The van der Waals surface area contributed by atoms with E-state index in [-0.39, 0.29) is 0 Å². The number of hydrogen-bond donors (Lipinski definition) is 1. The van der Waals surface area contributed by atoms with Gasteiger partial charge in [-0.15, -0.1) is 0 Å². The number of benzene rings is 1. The Morgan fingerprint density at radius 2 is 1.95 bits per heavy atom. The predicted octanol–water partition coefficient (Wildman–Crippen LogP) is 4.10. The van der Waals surface area contributed by atoms with Gasteiger partial charge in [-0.2, -0.15) is 0 Å². The van der Waals surface area contributed by atoms with Crippen LogP contribution in [0.4, 0.5) is 0 Å². The van der Waals surface area contributed by atoms with Crippen LogP contribution >= 0.6 is 0 Å². The smallest absolute Gasteiger partial charge is 0.0991 e. The average Bonchev–Trinajstić information content (AvgIpc) is 3.17. The summed E-state index contributed by atoms with van der Waals surface area (Å²) in [6, 6.07) is 9.15. The van der Waals surface area contributed by atoms with E-state index in [9.17, 15) is 0 Å². The van der Waals surface area contributed by atoms with Gasteiger partial charge < -0.3 is 9.88 Å². The Labute approximate surface area is 127 Å². The highest BCUT2D eigenvalue weighted by molar-refractivity contribution is 5.35. The van der Waals surface area contributed by atoms with Crippen LogP contribution in [0.25, 0.3) is 5.69 Å². The van der Waals surface area contributed by atoms with E-state index in [1.807, 2.05) is 17.1 Å². The summed E-state index contributed by atoms with van der Waals surface area (Å²) in [7, 11) is 0. The number of nitrogens with one attached hydrogen (secondary N) is 1. The molecule has 112 valence electrons. The summed E-state index contributed by atoms with van der Waals surface area (Å²) in [6.07, 6.45) is 11.1. The highest BCUT2D eigenvalue weighted by atomic mass is 15.0. The van der Waals surface area contributed by atoms with Crippen molar-refractivity contribution in [3.63, 3.8) is 0 Å². The van der Waals surface area contributed by atoms with Gasteiger partial charge in [0.25, 0.3) is 0 Å². The first kappa shape index (κ1) is 14.3. The number of aromatic nitrogens is 2. The quantitative estimate of drug-likeness (QED) is 0.895. The monoisotopic (exact) mass is 283 g/mol. The molecule has 1 N–H and O–H groups in total. The normalized spacial score (nSPS) is 18.8. The molecule has 1 aromatic carbocycles. The maximum absolute atomic E-state index is 4.09. The highest BCUT2D eigenvalue weighted by Crippen LogP contribution is 2.37. The largest absolute Gasteiger partial charge is 0.310 e. The second kappa shape index (κ2) is 6.02. The Morgan fingerprint density at radius 1 is 1.24 bits per heavy atom. The Morgan fingerprint density at radius 3 is 2.57 bits per heavy atom. The first-order valence-corrected chi connectivity index (χ1v) is 7.98. The van der Waals surface area contributed by atoms with E-state index in [0.29, 0.717) is 11.5 Å². The van der Waals surface area contributed by atoms with Crippen molar-refractivity contribution in [1.82, 2.24) is 14.9 Å². The van der Waals surface area contributed by atoms with Crippen molar-refractivity contribution in [1.29, 1.82) is 0 Å². The zero-order chi connectivity index (χ0) is 14.7. The second-order valence-electron chi connectivity index (χ2n) is 6.68. The van der Waals surface area contributed by atoms with Crippen LogP contribution in [-0.2, 0) is 0 Å². The van der Waals surface area contributed by atoms with Crippen LogP contribution in [0, 0.1) is 5.41 Å². The summed E-state index contributed by atoms with van der Waals surface area (Å²) in [6.45, 7) is 5.80. The van der Waals surface area contributed by atoms with Gasteiger partial charge in [-0.05, 0) is 42.9 Å². The summed E-state index contributed by atoms with van der Waals surface area (Å²) in [5.74, 6) is 0. The number of nitrogens with zero attached hydrogens (tertiary/aromatic N) is 2. The van der Waals surface area contributed by atoms with Gasteiger partial charge in [0.15, 0.2) is 0 Å². The summed E-state index contributed by atoms with van der Waals surface area (Å²) < 4.78 is 2.03. The summed E-state index contributed by atoms with van der Waals surface area (Å²) in [5.41, 5.74) is 3.01. The lowest BCUT2D eigenvalue weighted by Gasteiger charge is -2.26. The van der Waals surface area contributed by atoms with Gasteiger partial charge in [-0.25, -0.2) is 4.98 Å². The lowest BCUT2D eigenvalue weighted by molar-refractivity contribution is 0.302. The maximum atomic E-state index is 4.09. The van der Waals surface area contributed by atoms with Crippen LogP contribution in [0.2, 0.25) is 0 Å². The van der Waals surface area contributed by atoms with Crippen molar-refractivity contribution in [3.8, 4) is 5.69 Å². The SMILES string of the molecule is CC(NCC1(C)CCCC1)c1ccc(-n2ccnc2)cc1. The summed E-state index contributed by atoms with van der Waals surface area (Å²) in [4.78, 5) is 4.09. The van der Waals surface area contributed by atoms with Crippen LogP contribution in [0.3, 0.4) is 0 Å². The fourth-order valence-corrected chi connectivity index (χ4v) is 3.27. The summed E-state index contributed by atoms with van der Waals surface area (Å²) in [5, 5.41) is 3.72. The van der Waals surface area contributed by atoms with E-state index < -0.39 is 0 Å². The Kier molecular flexibility index (Phi) is 4.11. The van der Waals surface area contributed by atoms with Gasteiger partial charge in [0, 0.05) is 30.7 Å². The van der Waals surface area contributed by atoms with Crippen molar-refractivity contribution in [2.24, 2.45) is 5.41 Å². The predicted molar refractivity (Wildman–Crippen MR) is 86.6 cm³/mol. The molecule has 21 heavy (non-hydrogen) atoms. The molecule has 3 heteroatoms. The minimum atomic E-state index is 0.402. The van der Waals surface area contributed by atoms with E-state index >= 15 is 0 Å². The first-order valence-electron chi connectivity index (χ1n) is 7.98. The van der Waals surface area contributed by atoms with E-state index in [1.165, 1.54) is 31.2 Å². The molecule has 1 aromatic heterocycles. The zero-order valence-corrected chi connectivity index (χ0v) is 13.0. The molecule has 1 atom stereocenters. The Balaban J connectivity index is 1.61. The van der Waals surface area contributed by atoms with Crippen molar-refractivity contribution >= 4 is 0 Å². The fourth-order valence-electron chi connectivity index (χ4n) is 3.27. The third-order valence-electron chi connectivity index (χ3n) is 4.84. The molecule has 0 aliphatic heterocycles. The number of rotatable bonds is 5. The Hall–Kier alpha value is -1.61. The average molecular weight is 283 g/mol. The topological polar surface area (TPSA) is 29.9 Å². The highest BCUT2D eigenvalue weighted by Gasteiger charge is 2.28. The molecule has 1 fully saturated rings. The van der Waals surface area contributed by atoms with Gasteiger partial charge in [0.1, 0.15) is 0 Å². The molecule has 1 unspecified atom stereocenters. The molecule has 0 radical (unpaired) electrons. The van der Waals surface area contributed by atoms with Gasteiger partial charge in [0.05, 0.1) is 6.33 Å². The number of hydrogen-bond acceptors (Lipinski definition) is 2. The zero-order valence-electron chi connectivity index (χ0n) is 13.0. The van der Waals surface area contributed by atoms with E-state index in [2.05, 4.69) is 48.4 Å². The van der Waals surface area contributed by atoms with Gasteiger partial charge >= 0.3 is 0 Å². The van der Waals surface area contributed by atoms with Crippen LogP contribution < -0.4 is 5.32 Å². The third kappa shape index (κ3) is 3.35. The van der Waals surface area contributed by atoms with E-state index in [4.69, 9.17) is 0 Å². The number of imidazole rings is 1. The van der Waals surface area contributed by atoms with Crippen LogP contribution in [0.5, 0.6) is 0 Å². The van der Waals surface area contributed by atoms with Crippen LogP contribution in [-0.4, -0.2) is 16.1 Å². The van der Waals surface area contributed by atoms with Crippen molar-refractivity contribution < 1.29 is 0 Å². The van der Waals surface area contributed by atoms with Gasteiger partial charge in [0.2, 0.25) is 0 Å². The van der Waals surface area contributed by atoms with E-state index in [1.54, 1.807) is 6.20 Å². The first-order chi connectivity index (χ1) is 10.2. The van der Waals surface area contributed by atoms with Crippen molar-refractivity contribution in [3.05, 3.63) is 48.5 Å². The van der Waals surface area contributed by atoms with Crippen molar-refractivity contribution in [2.45, 2.75) is 45.6 Å². The standard InChI is InChI=1S/C18H25N3/c1-15(20-13-18(2)9-3-4-10-18)16-5-7-17(8-6-16)21-12-11-19-14-21/h5-8,11-12,14-15,20H,3-4,9-10,13H2,1-2H3. The molecule has 2 aromatic rings. The minimum Gasteiger partial charge on any atom is -0.310 e. The van der Waals surface area contributed by atoms with Crippen LogP contribution in [0.1, 0.15) is 51.1 Å². The molecule has 3 rings (SSSR count). The third-order valence-corrected chi connectivity index (χ3v) is 4.84. The molecule has 1 saturated carbocycles. The minimum absolute atomic E-state index is 0.402. The molecule has 0 amide bonds. The Bertz CT molecular complexity index is 551. The molecular formula is C18H25N3. The summed E-state index contributed by atoms with van der Waals surface area (Å²) >= 11 is 0. The van der Waals surface area contributed by atoms with Crippen LogP contribution in [0.15, 0.2) is 43.0 Å². The molecule has 0 bridgehead atoms. The lowest BCUT2D eigenvalue weighted by atomic mass is 9.88. The molecule has 0 spiro atoms. The van der Waals surface area contributed by atoms with Crippen molar-refractivity contribution in [2.75, 3.05) is 6.54 Å². The maximum Gasteiger partial charge on any atom is 0.0991 e. The molecular weight excluding hydrogens is 258 g/mol. The molecule has 3 nitrogen and oxygen atoms in total. The fraction of sp³-hybridized carbons (Fsp3) is 0.500. The molecule has 1 aliphatic carbocycles. The van der Waals surface area contributed by atoms with Gasteiger partial charge in [-0.3, -0.25) is 0 Å². The molecule has 1 aliphatic rings. The van der Waals surface area contributed by atoms with E-state index in [0.717, 1.165) is 12.2 Å². The lowest BCUT2D eigenvalue weighted by Crippen LogP contribution is -2.31. The molecule has 1 heterocycles. The van der Waals surface area contributed by atoms with Gasteiger partial charge in [-0.1, -0.05) is 31.9 Å². The molecule has 0 saturated heterocycles.